The molecule has 0 radical (unpaired) electrons. The van der Waals surface area contributed by atoms with E-state index in [-0.39, 0.29) is 0 Å². The first-order valence-electron chi connectivity index (χ1n) is 6.47. The molecule has 1 saturated heterocycles. The summed E-state index contributed by atoms with van der Waals surface area (Å²) in [6.07, 6.45) is 2.78. The van der Waals surface area contributed by atoms with Crippen LogP contribution in [0, 0.1) is 0 Å². The largest absolute Gasteiger partial charge is 0.377 e. The highest BCUT2D eigenvalue weighted by Crippen LogP contribution is 2.23. The number of nitrogens with zero attached hydrogens (tertiary/aromatic N) is 1. The van der Waals surface area contributed by atoms with Gasteiger partial charge in [0.2, 0.25) is 0 Å². The van der Waals surface area contributed by atoms with Crippen molar-refractivity contribution in [3.63, 3.8) is 0 Å². The molecular weight excluding hydrogens is 314 g/mol. The lowest BCUT2D eigenvalue weighted by molar-refractivity contribution is 0.0725. The molecule has 2 nitrogen and oxygen atoms in total. The monoisotopic (exact) mass is 331 g/mol. The van der Waals surface area contributed by atoms with Crippen molar-refractivity contribution in [3.05, 3.63) is 33.3 Å². The predicted molar refractivity (Wildman–Crippen MR) is 79.1 cm³/mol. The molecule has 1 aliphatic rings. The lowest BCUT2D eigenvalue weighted by Crippen LogP contribution is -2.31. The van der Waals surface area contributed by atoms with Crippen molar-refractivity contribution in [1.82, 2.24) is 4.90 Å². The van der Waals surface area contributed by atoms with E-state index >= 15 is 0 Å². The summed E-state index contributed by atoms with van der Waals surface area (Å²) in [7, 11) is 0. The Bertz CT molecular complexity index is 393. The highest BCUT2D eigenvalue weighted by Gasteiger charge is 2.18. The molecule has 18 heavy (non-hydrogen) atoms. The Morgan fingerprint density at radius 2 is 2.33 bits per heavy atom. The quantitative estimate of drug-likeness (QED) is 0.805. The molecule has 1 heterocycles. The maximum atomic E-state index is 6.26. The summed E-state index contributed by atoms with van der Waals surface area (Å²) < 4.78 is 6.72. The summed E-state index contributed by atoms with van der Waals surface area (Å²) >= 11 is 9.69. The van der Waals surface area contributed by atoms with Crippen molar-refractivity contribution in [2.75, 3.05) is 19.7 Å². The highest BCUT2D eigenvalue weighted by atomic mass is 79.9. The Kier molecular flexibility index (Phi) is 5.49. The van der Waals surface area contributed by atoms with Gasteiger partial charge in [0.25, 0.3) is 0 Å². The molecule has 1 aromatic carbocycles. The third-order valence-corrected chi connectivity index (χ3v) is 4.19. The van der Waals surface area contributed by atoms with E-state index < -0.39 is 0 Å². The van der Waals surface area contributed by atoms with Gasteiger partial charge in [-0.05, 0) is 37.1 Å². The number of halogens is 2. The van der Waals surface area contributed by atoms with Crippen LogP contribution in [-0.4, -0.2) is 30.7 Å². The van der Waals surface area contributed by atoms with Crippen molar-refractivity contribution in [3.8, 4) is 0 Å². The summed E-state index contributed by atoms with van der Waals surface area (Å²) in [6, 6.07) is 6.09. The number of likely N-dealkylation sites (N-methyl/N-ethyl adjacent to an activating group) is 1. The fourth-order valence-electron chi connectivity index (χ4n) is 2.27. The van der Waals surface area contributed by atoms with Crippen LogP contribution >= 0.6 is 27.5 Å². The summed E-state index contributed by atoms with van der Waals surface area (Å²) in [5.74, 6) is 0. The van der Waals surface area contributed by atoms with Gasteiger partial charge in [0.15, 0.2) is 0 Å². The van der Waals surface area contributed by atoms with Gasteiger partial charge in [0.1, 0.15) is 0 Å². The molecule has 0 bridgehead atoms. The van der Waals surface area contributed by atoms with Gasteiger partial charge < -0.3 is 4.74 Å². The third-order valence-electron chi connectivity index (χ3n) is 3.34. The van der Waals surface area contributed by atoms with Crippen LogP contribution in [0.1, 0.15) is 25.3 Å². The van der Waals surface area contributed by atoms with Gasteiger partial charge in [-0.15, -0.1) is 0 Å². The normalized spacial score (nSPS) is 19.7. The van der Waals surface area contributed by atoms with E-state index in [0.29, 0.717) is 6.10 Å². The van der Waals surface area contributed by atoms with Gasteiger partial charge in [-0.2, -0.15) is 0 Å². The van der Waals surface area contributed by atoms with Crippen LogP contribution in [0.15, 0.2) is 22.7 Å². The van der Waals surface area contributed by atoms with Gasteiger partial charge in [-0.1, -0.05) is 40.5 Å². The van der Waals surface area contributed by atoms with Crippen molar-refractivity contribution in [2.45, 2.75) is 32.4 Å². The molecule has 1 unspecified atom stereocenters. The van der Waals surface area contributed by atoms with Gasteiger partial charge in [0.05, 0.1) is 6.10 Å². The fraction of sp³-hybridized carbons (Fsp3) is 0.571. The van der Waals surface area contributed by atoms with Crippen LogP contribution in [0.2, 0.25) is 5.02 Å². The summed E-state index contributed by atoms with van der Waals surface area (Å²) in [5, 5.41) is 0.829. The van der Waals surface area contributed by atoms with Gasteiger partial charge in [-0.3, -0.25) is 4.90 Å². The van der Waals surface area contributed by atoms with Gasteiger partial charge in [-0.25, -0.2) is 0 Å². The highest BCUT2D eigenvalue weighted by molar-refractivity contribution is 9.10. The fourth-order valence-corrected chi connectivity index (χ4v) is 3.01. The van der Waals surface area contributed by atoms with E-state index in [9.17, 15) is 0 Å². The van der Waals surface area contributed by atoms with Crippen LogP contribution in [0.3, 0.4) is 0 Å². The average Bonchev–Trinajstić information content (AvgIpc) is 2.84. The number of rotatable bonds is 5. The zero-order valence-electron chi connectivity index (χ0n) is 10.7. The van der Waals surface area contributed by atoms with Crippen molar-refractivity contribution in [1.29, 1.82) is 0 Å². The van der Waals surface area contributed by atoms with Gasteiger partial charge in [0, 0.05) is 29.2 Å². The maximum Gasteiger partial charge on any atom is 0.0702 e. The van der Waals surface area contributed by atoms with Crippen LogP contribution in [0.25, 0.3) is 0 Å². The zero-order valence-corrected chi connectivity index (χ0v) is 13.0. The Morgan fingerprint density at radius 3 is 2.94 bits per heavy atom. The molecular formula is C14H19BrClNO. The minimum Gasteiger partial charge on any atom is -0.377 e. The molecule has 0 saturated carbocycles. The molecule has 0 spiro atoms. The second-order valence-corrected chi connectivity index (χ2v) is 6.02. The van der Waals surface area contributed by atoms with E-state index in [0.717, 1.165) is 35.7 Å². The average molecular weight is 333 g/mol. The predicted octanol–water partition coefficient (Wildman–Crippen LogP) is 4.10. The second-order valence-electron chi connectivity index (χ2n) is 4.70. The first-order chi connectivity index (χ1) is 8.69. The van der Waals surface area contributed by atoms with Crippen LogP contribution < -0.4 is 0 Å². The lowest BCUT2D eigenvalue weighted by atomic mass is 10.2. The summed E-state index contributed by atoms with van der Waals surface area (Å²) in [4.78, 5) is 2.39. The SMILES string of the molecule is CCN(Cc1ccc(Br)cc1Cl)CC1CCCO1. The van der Waals surface area contributed by atoms with E-state index in [4.69, 9.17) is 16.3 Å². The molecule has 1 aromatic rings. The number of ether oxygens (including phenoxy) is 1. The van der Waals surface area contributed by atoms with Crippen LogP contribution in [0.5, 0.6) is 0 Å². The van der Waals surface area contributed by atoms with Crippen LogP contribution in [-0.2, 0) is 11.3 Å². The second kappa shape index (κ2) is 6.90. The van der Waals surface area contributed by atoms with E-state index in [1.807, 2.05) is 12.1 Å². The number of hydrogen-bond donors (Lipinski definition) is 0. The number of benzene rings is 1. The zero-order chi connectivity index (χ0) is 13.0. The third kappa shape index (κ3) is 3.95. The Hall–Kier alpha value is -0.0900. The smallest absolute Gasteiger partial charge is 0.0702 e. The molecule has 2 rings (SSSR count). The van der Waals surface area contributed by atoms with Crippen molar-refractivity contribution >= 4 is 27.5 Å². The molecule has 1 aliphatic heterocycles. The van der Waals surface area contributed by atoms with Crippen molar-refractivity contribution < 1.29 is 4.74 Å². The van der Waals surface area contributed by atoms with E-state index in [1.165, 1.54) is 18.4 Å². The van der Waals surface area contributed by atoms with Gasteiger partial charge >= 0.3 is 0 Å². The molecule has 4 heteroatoms. The van der Waals surface area contributed by atoms with Crippen molar-refractivity contribution in [2.24, 2.45) is 0 Å². The standard InChI is InChI=1S/C14H19BrClNO/c1-2-17(10-13-4-3-7-18-13)9-11-5-6-12(15)8-14(11)16/h5-6,8,13H,2-4,7,9-10H2,1H3. The summed E-state index contributed by atoms with van der Waals surface area (Å²) in [5.41, 5.74) is 1.18. The van der Waals surface area contributed by atoms with Crippen LogP contribution in [0.4, 0.5) is 0 Å². The van der Waals surface area contributed by atoms with E-state index in [1.54, 1.807) is 0 Å². The topological polar surface area (TPSA) is 12.5 Å². The molecule has 100 valence electrons. The molecule has 0 aromatic heterocycles. The molecule has 1 fully saturated rings. The molecule has 1 atom stereocenters. The molecule has 0 amide bonds. The minimum absolute atomic E-state index is 0.402. The molecule has 0 aliphatic carbocycles. The lowest BCUT2D eigenvalue weighted by Gasteiger charge is -2.24. The first-order valence-corrected chi connectivity index (χ1v) is 7.64. The molecule has 0 N–H and O–H groups in total. The first kappa shape index (κ1) is 14.3. The van der Waals surface area contributed by atoms with E-state index in [2.05, 4.69) is 33.8 Å². The minimum atomic E-state index is 0.402. The summed E-state index contributed by atoms with van der Waals surface area (Å²) in [6.45, 7) is 6.01. The Morgan fingerprint density at radius 1 is 1.50 bits per heavy atom. The Labute approximate surface area is 122 Å². The Balaban J connectivity index is 1.96. The number of hydrogen-bond acceptors (Lipinski definition) is 2. The maximum absolute atomic E-state index is 6.26.